The van der Waals surface area contributed by atoms with E-state index in [-0.39, 0.29) is 6.10 Å². The molecule has 0 saturated heterocycles. The van der Waals surface area contributed by atoms with Crippen molar-refractivity contribution < 1.29 is 14.3 Å². The van der Waals surface area contributed by atoms with Gasteiger partial charge >= 0.3 is 6.16 Å². The SMILES string of the molecule is CCCCC(C)OC(=O)OCCCCCl. The first-order chi connectivity index (χ1) is 7.20. The van der Waals surface area contributed by atoms with Gasteiger partial charge in [0, 0.05) is 5.88 Å². The number of alkyl halides is 1. The molecule has 0 aromatic rings. The molecule has 1 unspecified atom stereocenters. The van der Waals surface area contributed by atoms with Crippen LogP contribution in [0.5, 0.6) is 0 Å². The van der Waals surface area contributed by atoms with Gasteiger partial charge in [0.1, 0.15) is 6.10 Å². The predicted molar refractivity (Wildman–Crippen MR) is 61.4 cm³/mol. The van der Waals surface area contributed by atoms with Gasteiger partial charge in [0.15, 0.2) is 0 Å². The van der Waals surface area contributed by atoms with Gasteiger partial charge in [-0.25, -0.2) is 4.79 Å². The smallest absolute Gasteiger partial charge is 0.434 e. The van der Waals surface area contributed by atoms with Crippen molar-refractivity contribution >= 4 is 17.8 Å². The van der Waals surface area contributed by atoms with Crippen molar-refractivity contribution in [2.24, 2.45) is 0 Å². The van der Waals surface area contributed by atoms with Gasteiger partial charge in [-0.3, -0.25) is 0 Å². The molecule has 0 radical (unpaired) electrons. The third-order valence-electron chi connectivity index (χ3n) is 2.01. The van der Waals surface area contributed by atoms with E-state index in [0.29, 0.717) is 12.5 Å². The second-order valence-electron chi connectivity index (χ2n) is 3.57. The minimum atomic E-state index is -0.562. The lowest BCUT2D eigenvalue weighted by Gasteiger charge is -2.12. The van der Waals surface area contributed by atoms with Crippen LogP contribution in [0.3, 0.4) is 0 Å². The zero-order valence-corrected chi connectivity index (χ0v) is 10.4. The van der Waals surface area contributed by atoms with Gasteiger partial charge in [-0.05, 0) is 26.2 Å². The van der Waals surface area contributed by atoms with Crippen LogP contribution in [0.1, 0.15) is 46.0 Å². The van der Waals surface area contributed by atoms with Gasteiger partial charge in [0.25, 0.3) is 0 Å². The molecule has 15 heavy (non-hydrogen) atoms. The fourth-order valence-corrected chi connectivity index (χ4v) is 1.29. The summed E-state index contributed by atoms with van der Waals surface area (Å²) in [5.74, 6) is 0.602. The van der Waals surface area contributed by atoms with Crippen LogP contribution in [-0.2, 0) is 9.47 Å². The van der Waals surface area contributed by atoms with Crippen LogP contribution in [0.15, 0.2) is 0 Å². The molecule has 0 fully saturated rings. The maximum Gasteiger partial charge on any atom is 0.508 e. The third kappa shape index (κ3) is 9.85. The highest BCUT2D eigenvalue weighted by Crippen LogP contribution is 2.05. The maximum atomic E-state index is 11.1. The average Bonchev–Trinajstić information content (AvgIpc) is 2.21. The van der Waals surface area contributed by atoms with Crippen molar-refractivity contribution in [2.75, 3.05) is 12.5 Å². The zero-order valence-electron chi connectivity index (χ0n) is 9.63. The summed E-state index contributed by atoms with van der Waals surface area (Å²) in [5, 5.41) is 0. The van der Waals surface area contributed by atoms with Crippen LogP contribution < -0.4 is 0 Å². The summed E-state index contributed by atoms with van der Waals surface area (Å²) in [4.78, 5) is 11.1. The lowest BCUT2D eigenvalue weighted by Crippen LogP contribution is -2.16. The second kappa shape index (κ2) is 10.1. The van der Waals surface area contributed by atoms with Crippen molar-refractivity contribution in [1.82, 2.24) is 0 Å². The highest BCUT2D eigenvalue weighted by Gasteiger charge is 2.09. The summed E-state index contributed by atoms with van der Waals surface area (Å²) < 4.78 is 9.91. The summed E-state index contributed by atoms with van der Waals surface area (Å²) in [6, 6.07) is 0. The number of hydrogen-bond acceptors (Lipinski definition) is 3. The van der Waals surface area contributed by atoms with Crippen molar-refractivity contribution in [3.8, 4) is 0 Å². The summed E-state index contributed by atoms with van der Waals surface area (Å²) in [6.45, 7) is 4.39. The number of halogens is 1. The maximum absolute atomic E-state index is 11.1. The largest absolute Gasteiger partial charge is 0.508 e. The number of carbonyl (C=O) groups excluding carboxylic acids is 1. The van der Waals surface area contributed by atoms with E-state index in [0.717, 1.165) is 32.1 Å². The van der Waals surface area contributed by atoms with Gasteiger partial charge in [0.2, 0.25) is 0 Å². The Balaban J connectivity index is 3.38. The molecule has 0 spiro atoms. The van der Waals surface area contributed by atoms with Gasteiger partial charge in [-0.1, -0.05) is 19.8 Å². The molecule has 0 heterocycles. The highest BCUT2D eigenvalue weighted by molar-refractivity contribution is 6.17. The van der Waals surface area contributed by atoms with E-state index in [4.69, 9.17) is 21.1 Å². The van der Waals surface area contributed by atoms with Crippen molar-refractivity contribution in [3.63, 3.8) is 0 Å². The van der Waals surface area contributed by atoms with Crippen LogP contribution in [0.2, 0.25) is 0 Å². The van der Waals surface area contributed by atoms with E-state index in [9.17, 15) is 4.79 Å². The molecule has 4 heteroatoms. The minimum absolute atomic E-state index is 0.0505. The molecular formula is C11H21ClO3. The van der Waals surface area contributed by atoms with Crippen LogP contribution in [-0.4, -0.2) is 24.7 Å². The topological polar surface area (TPSA) is 35.5 Å². The van der Waals surface area contributed by atoms with Gasteiger partial charge in [0.05, 0.1) is 6.61 Å². The van der Waals surface area contributed by atoms with Crippen LogP contribution in [0.4, 0.5) is 4.79 Å². The summed E-state index contributed by atoms with van der Waals surface area (Å²) in [5.41, 5.74) is 0. The molecule has 0 rings (SSSR count). The van der Waals surface area contributed by atoms with E-state index < -0.39 is 6.16 Å². The monoisotopic (exact) mass is 236 g/mol. The van der Waals surface area contributed by atoms with Crippen LogP contribution >= 0.6 is 11.6 Å². The first kappa shape index (κ1) is 14.6. The van der Waals surface area contributed by atoms with Crippen molar-refractivity contribution in [3.05, 3.63) is 0 Å². The molecule has 0 aromatic carbocycles. The first-order valence-electron chi connectivity index (χ1n) is 5.60. The third-order valence-corrected chi connectivity index (χ3v) is 2.28. The number of unbranched alkanes of at least 4 members (excludes halogenated alkanes) is 2. The molecule has 0 bridgehead atoms. The summed E-state index contributed by atoms with van der Waals surface area (Å²) >= 11 is 5.49. The Morgan fingerprint density at radius 1 is 1.33 bits per heavy atom. The Kier molecular flexibility index (Phi) is 9.79. The van der Waals surface area contributed by atoms with Crippen LogP contribution in [0.25, 0.3) is 0 Å². The Morgan fingerprint density at radius 3 is 2.67 bits per heavy atom. The Labute approximate surface area is 97.1 Å². The molecule has 90 valence electrons. The quantitative estimate of drug-likeness (QED) is 0.366. The van der Waals surface area contributed by atoms with Crippen LogP contribution in [0, 0.1) is 0 Å². The van der Waals surface area contributed by atoms with Gasteiger partial charge in [-0.2, -0.15) is 0 Å². The molecule has 0 aromatic heterocycles. The van der Waals surface area contributed by atoms with E-state index in [1.165, 1.54) is 0 Å². The number of carbonyl (C=O) groups is 1. The number of ether oxygens (including phenoxy) is 2. The molecule has 0 aliphatic rings. The molecule has 0 aliphatic heterocycles. The van der Waals surface area contributed by atoms with E-state index in [2.05, 4.69) is 6.92 Å². The van der Waals surface area contributed by atoms with Gasteiger partial charge in [-0.15, -0.1) is 11.6 Å². The fourth-order valence-electron chi connectivity index (χ4n) is 1.10. The van der Waals surface area contributed by atoms with E-state index in [1.54, 1.807) is 0 Å². The Morgan fingerprint density at radius 2 is 2.07 bits per heavy atom. The fraction of sp³-hybridized carbons (Fsp3) is 0.909. The predicted octanol–water partition coefficient (Wildman–Crippen LogP) is 3.74. The molecule has 3 nitrogen and oxygen atoms in total. The van der Waals surface area contributed by atoms with E-state index in [1.807, 2.05) is 6.92 Å². The number of hydrogen-bond donors (Lipinski definition) is 0. The standard InChI is InChI=1S/C11H21ClO3/c1-3-4-7-10(2)15-11(13)14-9-6-5-8-12/h10H,3-9H2,1-2H3. The van der Waals surface area contributed by atoms with Crippen molar-refractivity contribution in [1.29, 1.82) is 0 Å². The van der Waals surface area contributed by atoms with Crippen molar-refractivity contribution in [2.45, 2.75) is 52.1 Å². The number of rotatable bonds is 8. The Bertz CT molecular complexity index is 162. The van der Waals surface area contributed by atoms with Gasteiger partial charge < -0.3 is 9.47 Å². The first-order valence-corrected chi connectivity index (χ1v) is 6.13. The average molecular weight is 237 g/mol. The minimum Gasteiger partial charge on any atom is -0.434 e. The normalized spacial score (nSPS) is 12.2. The second-order valence-corrected chi connectivity index (χ2v) is 3.94. The van der Waals surface area contributed by atoms with E-state index >= 15 is 0 Å². The molecule has 0 saturated carbocycles. The molecule has 0 aliphatic carbocycles. The Hall–Kier alpha value is -0.440. The summed E-state index contributed by atoms with van der Waals surface area (Å²) in [6.07, 6.45) is 4.12. The molecule has 1 atom stereocenters. The molecule has 0 amide bonds. The zero-order chi connectivity index (χ0) is 11.5. The summed E-state index contributed by atoms with van der Waals surface area (Å²) in [7, 11) is 0. The lowest BCUT2D eigenvalue weighted by molar-refractivity contribution is 0.0255. The lowest BCUT2D eigenvalue weighted by atomic mass is 10.2. The molecule has 0 N–H and O–H groups in total. The highest BCUT2D eigenvalue weighted by atomic mass is 35.5. The molecular weight excluding hydrogens is 216 g/mol.